The highest BCUT2D eigenvalue weighted by Gasteiger charge is 2.10. The summed E-state index contributed by atoms with van der Waals surface area (Å²) in [6.45, 7) is 1.98. The third-order valence-electron chi connectivity index (χ3n) is 3.05. The molecular weight excluding hydrogens is 248 g/mol. The quantitative estimate of drug-likeness (QED) is 0.922. The molecule has 0 aliphatic rings. The second kappa shape index (κ2) is 5.55. The second-order valence-corrected chi connectivity index (χ2v) is 5.00. The normalized spacial score (nSPS) is 12.7. The summed E-state index contributed by atoms with van der Waals surface area (Å²) in [6, 6.07) is 7.65. The number of hydrogen-bond acceptors (Lipinski definition) is 2. The molecule has 96 valence electrons. The highest BCUT2D eigenvalue weighted by molar-refractivity contribution is 6.30. The largest absolute Gasteiger partial charge is 0.388 e. The first-order chi connectivity index (χ1) is 8.56. The minimum atomic E-state index is -0.489. The van der Waals surface area contributed by atoms with Crippen LogP contribution in [-0.2, 0) is 13.5 Å². The van der Waals surface area contributed by atoms with Gasteiger partial charge in [-0.25, -0.2) is 0 Å². The molecule has 0 aliphatic heterocycles. The first-order valence-corrected chi connectivity index (χ1v) is 6.36. The lowest BCUT2D eigenvalue weighted by Gasteiger charge is -2.12. The molecule has 1 atom stereocenters. The number of halogens is 1. The summed E-state index contributed by atoms with van der Waals surface area (Å²) in [5.74, 6) is 0. The number of aliphatic hydroxyl groups is 1. The van der Waals surface area contributed by atoms with Crippen LogP contribution in [0.4, 0.5) is 0 Å². The number of aryl methyl sites for hydroxylation is 3. The third kappa shape index (κ3) is 3.12. The van der Waals surface area contributed by atoms with Crippen LogP contribution in [0.15, 0.2) is 30.5 Å². The minimum absolute atomic E-state index is 0.489. The van der Waals surface area contributed by atoms with E-state index in [0.717, 1.165) is 23.2 Å². The smallest absolute Gasteiger partial charge is 0.0794 e. The van der Waals surface area contributed by atoms with E-state index in [1.807, 2.05) is 42.9 Å². The standard InChI is InChI=1S/C14H17ClN2O/c1-10-7-11(9-12(15)8-10)14(18)4-3-13-5-6-16-17(13)2/h5-9,14,18H,3-4H2,1-2H3. The Morgan fingerprint density at radius 1 is 1.39 bits per heavy atom. The van der Waals surface area contributed by atoms with Crippen LogP contribution in [0.25, 0.3) is 0 Å². The zero-order valence-corrected chi connectivity index (χ0v) is 11.4. The van der Waals surface area contributed by atoms with Gasteiger partial charge in [0, 0.05) is 24.0 Å². The molecule has 4 heteroatoms. The lowest BCUT2D eigenvalue weighted by molar-refractivity contribution is 0.167. The third-order valence-corrected chi connectivity index (χ3v) is 3.26. The zero-order chi connectivity index (χ0) is 13.1. The van der Waals surface area contributed by atoms with Gasteiger partial charge in [-0.1, -0.05) is 17.7 Å². The van der Waals surface area contributed by atoms with Crippen LogP contribution in [0, 0.1) is 6.92 Å². The topological polar surface area (TPSA) is 38.1 Å². The number of rotatable bonds is 4. The highest BCUT2D eigenvalue weighted by Crippen LogP contribution is 2.23. The van der Waals surface area contributed by atoms with Gasteiger partial charge >= 0.3 is 0 Å². The summed E-state index contributed by atoms with van der Waals surface area (Å²) in [5.41, 5.74) is 3.06. The van der Waals surface area contributed by atoms with Crippen LogP contribution in [0.5, 0.6) is 0 Å². The van der Waals surface area contributed by atoms with E-state index in [0.29, 0.717) is 11.4 Å². The fourth-order valence-corrected chi connectivity index (χ4v) is 2.35. The van der Waals surface area contributed by atoms with E-state index >= 15 is 0 Å². The van der Waals surface area contributed by atoms with Gasteiger partial charge in [0.25, 0.3) is 0 Å². The van der Waals surface area contributed by atoms with E-state index in [-0.39, 0.29) is 0 Å². The maximum atomic E-state index is 10.2. The molecule has 0 aliphatic carbocycles. The van der Waals surface area contributed by atoms with Crippen LogP contribution in [-0.4, -0.2) is 14.9 Å². The van der Waals surface area contributed by atoms with Crippen molar-refractivity contribution in [3.05, 3.63) is 52.3 Å². The van der Waals surface area contributed by atoms with Crippen molar-refractivity contribution in [1.29, 1.82) is 0 Å². The molecule has 2 aromatic rings. The Labute approximate surface area is 112 Å². The van der Waals surface area contributed by atoms with Gasteiger partial charge in [-0.2, -0.15) is 5.10 Å². The van der Waals surface area contributed by atoms with Crippen molar-refractivity contribution in [2.75, 3.05) is 0 Å². The van der Waals surface area contributed by atoms with Gasteiger partial charge in [0.05, 0.1) is 6.10 Å². The van der Waals surface area contributed by atoms with Crippen molar-refractivity contribution in [1.82, 2.24) is 9.78 Å². The first kappa shape index (κ1) is 13.1. The van der Waals surface area contributed by atoms with Crippen molar-refractivity contribution in [3.63, 3.8) is 0 Å². The van der Waals surface area contributed by atoms with Crippen LogP contribution >= 0.6 is 11.6 Å². The van der Waals surface area contributed by atoms with Crippen molar-refractivity contribution >= 4 is 11.6 Å². The number of hydrogen-bond donors (Lipinski definition) is 1. The molecule has 0 spiro atoms. The molecular formula is C14H17ClN2O. The molecule has 18 heavy (non-hydrogen) atoms. The lowest BCUT2D eigenvalue weighted by atomic mass is 10.0. The number of benzene rings is 1. The van der Waals surface area contributed by atoms with Crippen molar-refractivity contribution in [2.45, 2.75) is 25.9 Å². The molecule has 1 N–H and O–H groups in total. The van der Waals surface area contributed by atoms with Crippen LogP contribution in [0.3, 0.4) is 0 Å². The van der Waals surface area contributed by atoms with Crippen molar-refractivity contribution in [3.8, 4) is 0 Å². The fraction of sp³-hybridized carbons (Fsp3) is 0.357. The van der Waals surface area contributed by atoms with Gasteiger partial charge in [0.1, 0.15) is 0 Å². The maximum absolute atomic E-state index is 10.2. The van der Waals surface area contributed by atoms with Gasteiger partial charge in [0.2, 0.25) is 0 Å². The maximum Gasteiger partial charge on any atom is 0.0794 e. The summed E-state index contributed by atoms with van der Waals surface area (Å²) in [5, 5.41) is 15.0. The van der Waals surface area contributed by atoms with Crippen molar-refractivity contribution in [2.24, 2.45) is 7.05 Å². The van der Waals surface area contributed by atoms with Gasteiger partial charge in [-0.3, -0.25) is 4.68 Å². The molecule has 1 aromatic carbocycles. The van der Waals surface area contributed by atoms with Crippen LogP contribution < -0.4 is 0 Å². The van der Waals surface area contributed by atoms with E-state index in [2.05, 4.69) is 5.10 Å². The van der Waals surface area contributed by atoms with Gasteiger partial charge in [-0.15, -0.1) is 0 Å². The number of nitrogens with zero attached hydrogens (tertiary/aromatic N) is 2. The molecule has 1 unspecified atom stereocenters. The Morgan fingerprint density at radius 3 is 2.78 bits per heavy atom. The average Bonchev–Trinajstić information content (AvgIpc) is 2.70. The highest BCUT2D eigenvalue weighted by atomic mass is 35.5. The summed E-state index contributed by atoms with van der Waals surface area (Å²) in [7, 11) is 1.91. The lowest BCUT2D eigenvalue weighted by Crippen LogP contribution is -2.03. The minimum Gasteiger partial charge on any atom is -0.388 e. The Hall–Kier alpha value is -1.32. The predicted octanol–water partition coefficient (Wildman–Crippen LogP) is 3.05. The predicted molar refractivity (Wildman–Crippen MR) is 72.7 cm³/mol. The molecule has 1 heterocycles. The summed E-state index contributed by atoms with van der Waals surface area (Å²) < 4.78 is 1.83. The molecule has 0 amide bonds. The molecule has 0 radical (unpaired) electrons. The van der Waals surface area contributed by atoms with E-state index in [1.165, 1.54) is 0 Å². The summed E-state index contributed by atoms with van der Waals surface area (Å²) >= 11 is 5.99. The number of aliphatic hydroxyl groups excluding tert-OH is 1. The Balaban J connectivity index is 2.03. The fourth-order valence-electron chi connectivity index (χ4n) is 2.05. The van der Waals surface area contributed by atoms with E-state index < -0.39 is 6.10 Å². The van der Waals surface area contributed by atoms with E-state index in [9.17, 15) is 5.11 Å². The van der Waals surface area contributed by atoms with E-state index in [1.54, 1.807) is 6.20 Å². The number of aromatic nitrogens is 2. The Bertz CT molecular complexity index is 516. The van der Waals surface area contributed by atoms with Gasteiger partial charge in [0.15, 0.2) is 0 Å². The summed E-state index contributed by atoms with van der Waals surface area (Å²) in [6.07, 6.45) is 2.74. The Kier molecular flexibility index (Phi) is 4.04. The molecule has 0 bridgehead atoms. The van der Waals surface area contributed by atoms with Gasteiger partial charge < -0.3 is 5.11 Å². The monoisotopic (exact) mass is 264 g/mol. The van der Waals surface area contributed by atoms with Gasteiger partial charge in [-0.05, 0) is 49.1 Å². The van der Waals surface area contributed by atoms with Crippen molar-refractivity contribution < 1.29 is 5.11 Å². The Morgan fingerprint density at radius 2 is 2.17 bits per heavy atom. The second-order valence-electron chi connectivity index (χ2n) is 4.56. The molecule has 2 rings (SSSR count). The average molecular weight is 265 g/mol. The molecule has 1 aromatic heterocycles. The van der Waals surface area contributed by atoms with Crippen LogP contribution in [0.2, 0.25) is 5.02 Å². The molecule has 3 nitrogen and oxygen atoms in total. The molecule has 0 saturated carbocycles. The van der Waals surface area contributed by atoms with E-state index in [4.69, 9.17) is 11.6 Å². The van der Waals surface area contributed by atoms with Crippen LogP contribution in [0.1, 0.15) is 29.3 Å². The molecule has 0 fully saturated rings. The summed E-state index contributed by atoms with van der Waals surface area (Å²) in [4.78, 5) is 0. The molecule has 0 saturated heterocycles. The first-order valence-electron chi connectivity index (χ1n) is 5.98. The SMILES string of the molecule is Cc1cc(Cl)cc(C(O)CCc2ccnn2C)c1. The zero-order valence-electron chi connectivity index (χ0n) is 10.6.